The molecular weight excluding hydrogens is 152 g/mol. The maximum absolute atomic E-state index is 5.55. The molecule has 4 heteroatoms. The minimum atomic E-state index is 0.235. The van der Waals surface area contributed by atoms with E-state index < -0.39 is 0 Å². The molecule has 0 aromatic carbocycles. The van der Waals surface area contributed by atoms with Gasteiger partial charge in [0.25, 0.3) is 0 Å². The highest BCUT2D eigenvalue weighted by Gasteiger charge is 1.93. The van der Waals surface area contributed by atoms with Crippen LogP contribution in [0.1, 0.15) is 13.8 Å². The van der Waals surface area contributed by atoms with Crippen molar-refractivity contribution >= 4 is 0 Å². The second-order valence-corrected chi connectivity index (χ2v) is 3.36. The van der Waals surface area contributed by atoms with Crippen LogP contribution in [0.15, 0.2) is 0 Å². The molecule has 0 fully saturated rings. The summed E-state index contributed by atoms with van der Waals surface area (Å²) in [6, 6.07) is 0.469. The minimum Gasteiger partial charge on any atom is -0.327 e. The molecule has 0 aliphatic rings. The molecule has 0 saturated carbocycles. The number of hydrogen-bond donors (Lipinski definition) is 4. The number of rotatable bonds is 7. The first-order valence-corrected chi connectivity index (χ1v) is 4.55. The summed E-state index contributed by atoms with van der Waals surface area (Å²) in [5.41, 5.74) is 11.1. The van der Waals surface area contributed by atoms with Crippen LogP contribution in [0.5, 0.6) is 0 Å². The zero-order valence-electron chi connectivity index (χ0n) is 8.14. The Labute approximate surface area is 75.1 Å². The average molecular weight is 174 g/mol. The van der Waals surface area contributed by atoms with Gasteiger partial charge in [-0.25, -0.2) is 0 Å². The first kappa shape index (κ1) is 11.8. The lowest BCUT2D eigenvalue weighted by atomic mass is 10.3. The van der Waals surface area contributed by atoms with Gasteiger partial charge in [-0.05, 0) is 13.8 Å². The van der Waals surface area contributed by atoms with Crippen LogP contribution in [-0.4, -0.2) is 38.3 Å². The molecule has 74 valence electrons. The Balaban J connectivity index is 2.91. The molecule has 0 radical (unpaired) electrons. The molecule has 12 heavy (non-hydrogen) atoms. The minimum absolute atomic E-state index is 0.235. The Morgan fingerprint density at radius 3 is 1.50 bits per heavy atom. The molecule has 2 atom stereocenters. The van der Waals surface area contributed by atoms with Crippen molar-refractivity contribution in [3.63, 3.8) is 0 Å². The quantitative estimate of drug-likeness (QED) is 0.368. The van der Waals surface area contributed by atoms with Crippen LogP contribution >= 0.6 is 0 Å². The zero-order valence-corrected chi connectivity index (χ0v) is 8.14. The SMILES string of the molecule is C[C@H](N)CNCCNC[C@H](C)N. The van der Waals surface area contributed by atoms with Crippen LogP contribution in [0.25, 0.3) is 0 Å². The standard InChI is InChI=1S/C8H22N4/c1-7(9)5-11-3-4-12-6-8(2)10/h7-8,11-12H,3-6,9-10H2,1-2H3/t7-,8-/m0/s1. The third kappa shape index (κ3) is 9.84. The van der Waals surface area contributed by atoms with Crippen LogP contribution in [-0.2, 0) is 0 Å². The van der Waals surface area contributed by atoms with E-state index in [9.17, 15) is 0 Å². The van der Waals surface area contributed by atoms with Crippen molar-refractivity contribution in [2.24, 2.45) is 11.5 Å². The largest absolute Gasteiger partial charge is 0.327 e. The Bertz CT molecular complexity index is 81.1. The second-order valence-electron chi connectivity index (χ2n) is 3.36. The molecule has 0 aromatic heterocycles. The van der Waals surface area contributed by atoms with Gasteiger partial charge in [0.1, 0.15) is 0 Å². The van der Waals surface area contributed by atoms with Crippen molar-refractivity contribution in [2.45, 2.75) is 25.9 Å². The fraction of sp³-hybridized carbons (Fsp3) is 1.00. The lowest BCUT2D eigenvalue weighted by molar-refractivity contribution is 0.555. The van der Waals surface area contributed by atoms with Gasteiger partial charge in [0.2, 0.25) is 0 Å². The van der Waals surface area contributed by atoms with E-state index >= 15 is 0 Å². The van der Waals surface area contributed by atoms with Crippen molar-refractivity contribution in [2.75, 3.05) is 26.2 Å². The van der Waals surface area contributed by atoms with Gasteiger partial charge in [0, 0.05) is 38.3 Å². The summed E-state index contributed by atoms with van der Waals surface area (Å²) in [5, 5.41) is 6.46. The van der Waals surface area contributed by atoms with Crippen molar-refractivity contribution < 1.29 is 0 Å². The molecule has 0 aromatic rings. The van der Waals surface area contributed by atoms with E-state index in [-0.39, 0.29) is 12.1 Å². The molecule has 4 nitrogen and oxygen atoms in total. The van der Waals surface area contributed by atoms with E-state index in [1.807, 2.05) is 13.8 Å². The fourth-order valence-electron chi connectivity index (χ4n) is 0.836. The predicted octanol–water partition coefficient (Wildman–Crippen LogP) is -1.14. The highest BCUT2D eigenvalue weighted by Crippen LogP contribution is 1.70. The van der Waals surface area contributed by atoms with E-state index in [1.54, 1.807) is 0 Å². The molecule has 0 aliphatic carbocycles. The number of nitrogens with one attached hydrogen (secondary N) is 2. The monoisotopic (exact) mass is 174 g/mol. The van der Waals surface area contributed by atoms with Gasteiger partial charge < -0.3 is 22.1 Å². The maximum Gasteiger partial charge on any atom is 0.0136 e. The van der Waals surface area contributed by atoms with E-state index in [2.05, 4.69) is 10.6 Å². The van der Waals surface area contributed by atoms with Gasteiger partial charge in [0.15, 0.2) is 0 Å². The van der Waals surface area contributed by atoms with Gasteiger partial charge in [0.05, 0.1) is 0 Å². The Hall–Kier alpha value is -0.160. The number of nitrogens with two attached hydrogens (primary N) is 2. The zero-order chi connectivity index (χ0) is 9.40. The van der Waals surface area contributed by atoms with Gasteiger partial charge >= 0.3 is 0 Å². The normalized spacial score (nSPS) is 16.0. The van der Waals surface area contributed by atoms with Crippen LogP contribution < -0.4 is 22.1 Å². The van der Waals surface area contributed by atoms with E-state index in [4.69, 9.17) is 11.5 Å². The second kappa shape index (κ2) is 7.49. The molecule has 0 spiro atoms. The third-order valence-electron chi connectivity index (χ3n) is 1.41. The van der Waals surface area contributed by atoms with Crippen LogP contribution in [0, 0.1) is 0 Å². The smallest absolute Gasteiger partial charge is 0.0136 e. The van der Waals surface area contributed by atoms with Crippen molar-refractivity contribution in [3.05, 3.63) is 0 Å². The first-order chi connectivity index (χ1) is 5.63. The topological polar surface area (TPSA) is 76.1 Å². The third-order valence-corrected chi connectivity index (χ3v) is 1.41. The Morgan fingerprint density at radius 1 is 0.917 bits per heavy atom. The molecule has 0 saturated heterocycles. The van der Waals surface area contributed by atoms with E-state index in [1.165, 1.54) is 0 Å². The average Bonchev–Trinajstić information content (AvgIpc) is 1.95. The summed E-state index contributed by atoms with van der Waals surface area (Å²) < 4.78 is 0. The van der Waals surface area contributed by atoms with Gasteiger partial charge in [-0.15, -0.1) is 0 Å². The summed E-state index contributed by atoms with van der Waals surface area (Å²) in [4.78, 5) is 0. The van der Waals surface area contributed by atoms with Crippen molar-refractivity contribution in [3.8, 4) is 0 Å². The molecule has 0 heterocycles. The van der Waals surface area contributed by atoms with Gasteiger partial charge in [-0.3, -0.25) is 0 Å². The summed E-state index contributed by atoms with van der Waals surface area (Å²) in [5.74, 6) is 0. The van der Waals surface area contributed by atoms with E-state index in [0.29, 0.717) is 0 Å². The molecular formula is C8H22N4. The molecule has 0 unspecified atom stereocenters. The first-order valence-electron chi connectivity index (χ1n) is 4.55. The predicted molar refractivity (Wildman–Crippen MR) is 53.0 cm³/mol. The summed E-state index contributed by atoms with van der Waals surface area (Å²) >= 11 is 0. The van der Waals surface area contributed by atoms with Gasteiger partial charge in [-0.2, -0.15) is 0 Å². The highest BCUT2D eigenvalue weighted by molar-refractivity contribution is 4.61. The molecule has 6 N–H and O–H groups in total. The Kier molecular flexibility index (Phi) is 7.39. The molecule has 0 aliphatic heterocycles. The fourth-order valence-corrected chi connectivity index (χ4v) is 0.836. The highest BCUT2D eigenvalue weighted by atomic mass is 15.0. The van der Waals surface area contributed by atoms with Crippen molar-refractivity contribution in [1.82, 2.24) is 10.6 Å². The lowest BCUT2D eigenvalue weighted by Crippen LogP contribution is -2.38. The lowest BCUT2D eigenvalue weighted by Gasteiger charge is -2.09. The Morgan fingerprint density at radius 2 is 1.25 bits per heavy atom. The summed E-state index contributed by atoms with van der Waals surface area (Å²) in [6.07, 6.45) is 0. The van der Waals surface area contributed by atoms with Crippen LogP contribution in [0.4, 0.5) is 0 Å². The van der Waals surface area contributed by atoms with Crippen LogP contribution in [0.2, 0.25) is 0 Å². The van der Waals surface area contributed by atoms with Gasteiger partial charge in [-0.1, -0.05) is 0 Å². The molecule has 0 amide bonds. The molecule has 0 rings (SSSR count). The summed E-state index contributed by atoms with van der Waals surface area (Å²) in [6.45, 7) is 7.63. The molecule has 0 bridgehead atoms. The van der Waals surface area contributed by atoms with E-state index in [0.717, 1.165) is 26.2 Å². The van der Waals surface area contributed by atoms with Crippen LogP contribution in [0.3, 0.4) is 0 Å². The number of hydrogen-bond acceptors (Lipinski definition) is 4. The maximum atomic E-state index is 5.55. The summed E-state index contributed by atoms with van der Waals surface area (Å²) in [7, 11) is 0. The van der Waals surface area contributed by atoms with Crippen molar-refractivity contribution in [1.29, 1.82) is 0 Å².